The fourth-order valence-electron chi connectivity index (χ4n) is 2.04. The lowest BCUT2D eigenvalue weighted by molar-refractivity contribution is 0.0722. The lowest BCUT2D eigenvalue weighted by atomic mass is 10.3. The van der Waals surface area contributed by atoms with E-state index in [2.05, 4.69) is 15.2 Å². The van der Waals surface area contributed by atoms with Gasteiger partial charge in [0.2, 0.25) is 5.82 Å². The van der Waals surface area contributed by atoms with Gasteiger partial charge in [-0.05, 0) is 31.6 Å². The molecule has 0 aliphatic heterocycles. The molecule has 2 saturated carbocycles. The highest BCUT2D eigenvalue weighted by Gasteiger charge is 2.37. The minimum Gasteiger partial charge on any atom is -0.333 e. The normalized spacial score (nSPS) is 19.4. The van der Waals surface area contributed by atoms with Gasteiger partial charge in [0.1, 0.15) is 5.82 Å². The number of nitrogens with one attached hydrogen (secondary N) is 1. The summed E-state index contributed by atoms with van der Waals surface area (Å²) in [5.41, 5.74) is 0. The predicted molar refractivity (Wildman–Crippen MR) is 62.5 cm³/mol. The third-order valence-corrected chi connectivity index (χ3v) is 3.46. The van der Waals surface area contributed by atoms with Gasteiger partial charge < -0.3 is 4.90 Å². The summed E-state index contributed by atoms with van der Waals surface area (Å²) >= 11 is 0. The van der Waals surface area contributed by atoms with Crippen molar-refractivity contribution >= 4 is 5.91 Å². The molecule has 2 aliphatic carbocycles. The van der Waals surface area contributed by atoms with E-state index in [0.717, 1.165) is 37.5 Å². The maximum absolute atomic E-state index is 12.3. The van der Waals surface area contributed by atoms with E-state index in [0.29, 0.717) is 11.9 Å². The first-order valence-electron chi connectivity index (χ1n) is 6.50. The van der Waals surface area contributed by atoms with E-state index in [-0.39, 0.29) is 5.91 Å². The van der Waals surface area contributed by atoms with Crippen LogP contribution in [0.3, 0.4) is 0 Å². The number of carbonyl (C=O) groups excluding carboxylic acids is 1. The summed E-state index contributed by atoms with van der Waals surface area (Å²) in [6.07, 6.45) is 5.61. The first-order valence-corrected chi connectivity index (χ1v) is 6.50. The molecule has 3 rings (SSSR count). The molecule has 0 unspecified atom stereocenters. The Balaban J connectivity index is 1.72. The van der Waals surface area contributed by atoms with Gasteiger partial charge in [-0.25, -0.2) is 4.98 Å². The van der Waals surface area contributed by atoms with Crippen LogP contribution in [0.4, 0.5) is 0 Å². The molecule has 92 valence electrons. The third-order valence-electron chi connectivity index (χ3n) is 3.46. The van der Waals surface area contributed by atoms with Gasteiger partial charge in [0.25, 0.3) is 5.91 Å². The van der Waals surface area contributed by atoms with Crippen molar-refractivity contribution in [2.75, 3.05) is 6.54 Å². The Kier molecular flexibility index (Phi) is 2.61. The fourth-order valence-corrected chi connectivity index (χ4v) is 2.04. The number of aromatic nitrogens is 3. The number of carbonyl (C=O) groups is 1. The van der Waals surface area contributed by atoms with Crippen LogP contribution in [0.5, 0.6) is 0 Å². The minimum atomic E-state index is 0.00958. The van der Waals surface area contributed by atoms with Crippen LogP contribution in [0.15, 0.2) is 0 Å². The molecule has 1 heterocycles. The second kappa shape index (κ2) is 4.13. The molecule has 5 heteroatoms. The molecular weight excluding hydrogens is 216 g/mol. The van der Waals surface area contributed by atoms with Crippen molar-refractivity contribution in [3.8, 4) is 0 Å². The summed E-state index contributed by atoms with van der Waals surface area (Å²) in [7, 11) is 0. The molecule has 0 atom stereocenters. The number of hydrogen-bond acceptors (Lipinski definition) is 3. The number of H-pyrrole nitrogens is 1. The topological polar surface area (TPSA) is 61.9 Å². The Labute approximate surface area is 101 Å². The van der Waals surface area contributed by atoms with Gasteiger partial charge in [-0.15, -0.1) is 5.10 Å². The van der Waals surface area contributed by atoms with Crippen LogP contribution in [-0.2, 0) is 6.42 Å². The smallest absolute Gasteiger partial charge is 0.293 e. The zero-order valence-electron chi connectivity index (χ0n) is 10.1. The van der Waals surface area contributed by atoms with E-state index in [1.54, 1.807) is 0 Å². The molecule has 0 saturated heterocycles. The molecule has 2 aliphatic rings. The monoisotopic (exact) mass is 234 g/mol. The number of hydrogen-bond donors (Lipinski definition) is 1. The van der Waals surface area contributed by atoms with Crippen LogP contribution in [0.25, 0.3) is 0 Å². The summed E-state index contributed by atoms with van der Waals surface area (Å²) in [4.78, 5) is 18.5. The van der Waals surface area contributed by atoms with Crippen molar-refractivity contribution in [3.05, 3.63) is 11.6 Å². The molecule has 1 aromatic heterocycles. The van der Waals surface area contributed by atoms with Gasteiger partial charge in [-0.1, -0.05) is 6.92 Å². The highest BCUT2D eigenvalue weighted by molar-refractivity contribution is 5.90. The lowest BCUT2D eigenvalue weighted by Crippen LogP contribution is -2.35. The van der Waals surface area contributed by atoms with Gasteiger partial charge >= 0.3 is 0 Å². The Hall–Kier alpha value is -1.39. The van der Waals surface area contributed by atoms with Gasteiger partial charge in [-0.3, -0.25) is 9.89 Å². The standard InChI is InChI=1S/C12H18N4O/c1-2-10-13-11(15-14-10)12(17)16(9-5-6-9)7-8-3-4-8/h8-9H,2-7H2,1H3,(H,13,14,15). The van der Waals surface area contributed by atoms with Crippen molar-refractivity contribution in [2.24, 2.45) is 5.92 Å². The first kappa shape index (κ1) is 10.7. The molecular formula is C12H18N4O. The van der Waals surface area contributed by atoms with Crippen LogP contribution in [0, 0.1) is 5.92 Å². The van der Waals surface area contributed by atoms with Gasteiger partial charge in [0.05, 0.1) is 0 Å². The summed E-state index contributed by atoms with van der Waals surface area (Å²) in [5.74, 6) is 1.87. The minimum absolute atomic E-state index is 0.00958. The quantitative estimate of drug-likeness (QED) is 0.837. The maximum atomic E-state index is 12.3. The number of rotatable bonds is 5. The van der Waals surface area contributed by atoms with E-state index in [4.69, 9.17) is 0 Å². The van der Waals surface area contributed by atoms with E-state index < -0.39 is 0 Å². The second-order valence-corrected chi connectivity index (χ2v) is 5.09. The predicted octanol–water partition coefficient (Wildman–Crippen LogP) is 1.38. The van der Waals surface area contributed by atoms with Crippen molar-refractivity contribution in [3.63, 3.8) is 0 Å². The van der Waals surface area contributed by atoms with Crippen molar-refractivity contribution < 1.29 is 4.79 Å². The average Bonchev–Trinajstić information content (AvgIpc) is 3.24. The largest absolute Gasteiger partial charge is 0.333 e. The van der Waals surface area contributed by atoms with E-state index in [1.165, 1.54) is 12.8 Å². The molecule has 0 aromatic carbocycles. The van der Waals surface area contributed by atoms with E-state index >= 15 is 0 Å². The summed E-state index contributed by atoms with van der Waals surface area (Å²) in [5, 5.41) is 6.83. The van der Waals surface area contributed by atoms with Gasteiger partial charge in [0.15, 0.2) is 0 Å². The van der Waals surface area contributed by atoms with Gasteiger partial charge in [-0.2, -0.15) is 0 Å². The van der Waals surface area contributed by atoms with Crippen LogP contribution in [0.1, 0.15) is 49.1 Å². The number of amides is 1. The summed E-state index contributed by atoms with van der Waals surface area (Å²) in [6.45, 7) is 2.90. The molecule has 17 heavy (non-hydrogen) atoms. The van der Waals surface area contributed by atoms with Crippen molar-refractivity contribution in [2.45, 2.75) is 45.1 Å². The molecule has 1 aromatic rings. The van der Waals surface area contributed by atoms with Crippen LogP contribution >= 0.6 is 0 Å². The first-order chi connectivity index (χ1) is 8.28. The number of aromatic amines is 1. The fraction of sp³-hybridized carbons (Fsp3) is 0.750. The van der Waals surface area contributed by atoms with Crippen molar-refractivity contribution in [1.82, 2.24) is 20.1 Å². The Morgan fingerprint density at radius 2 is 2.18 bits per heavy atom. The van der Waals surface area contributed by atoms with Crippen molar-refractivity contribution in [1.29, 1.82) is 0 Å². The maximum Gasteiger partial charge on any atom is 0.293 e. The summed E-state index contributed by atoms with van der Waals surface area (Å²) < 4.78 is 0. The number of nitrogens with zero attached hydrogens (tertiary/aromatic N) is 3. The Morgan fingerprint density at radius 1 is 1.41 bits per heavy atom. The highest BCUT2D eigenvalue weighted by Crippen LogP contribution is 2.35. The molecule has 0 radical (unpaired) electrons. The molecule has 1 N–H and O–H groups in total. The van der Waals surface area contributed by atoms with Crippen LogP contribution < -0.4 is 0 Å². The zero-order chi connectivity index (χ0) is 11.8. The third kappa shape index (κ3) is 2.33. The number of aryl methyl sites for hydroxylation is 1. The van der Waals surface area contributed by atoms with E-state index in [1.807, 2.05) is 11.8 Å². The Morgan fingerprint density at radius 3 is 2.71 bits per heavy atom. The molecule has 2 fully saturated rings. The van der Waals surface area contributed by atoms with Crippen LogP contribution in [-0.4, -0.2) is 38.6 Å². The van der Waals surface area contributed by atoms with Crippen LogP contribution in [0.2, 0.25) is 0 Å². The highest BCUT2D eigenvalue weighted by atomic mass is 16.2. The molecule has 0 spiro atoms. The molecule has 1 amide bonds. The molecule has 5 nitrogen and oxygen atoms in total. The van der Waals surface area contributed by atoms with E-state index in [9.17, 15) is 4.79 Å². The van der Waals surface area contributed by atoms with Gasteiger partial charge in [0, 0.05) is 19.0 Å². The Bertz CT molecular complexity index is 420. The average molecular weight is 234 g/mol. The lowest BCUT2D eigenvalue weighted by Gasteiger charge is -2.20. The second-order valence-electron chi connectivity index (χ2n) is 5.09. The zero-order valence-corrected chi connectivity index (χ0v) is 10.1. The molecule has 0 bridgehead atoms. The SMILES string of the molecule is CCc1nc(C(=O)N(CC2CC2)C2CC2)n[nH]1. The summed E-state index contributed by atoms with van der Waals surface area (Å²) in [6, 6.07) is 0.451.